The highest BCUT2D eigenvalue weighted by Gasteiger charge is 2.12. The fourth-order valence-electron chi connectivity index (χ4n) is 1.93. The van der Waals surface area contributed by atoms with E-state index in [2.05, 4.69) is 0 Å². The van der Waals surface area contributed by atoms with Crippen molar-refractivity contribution in [3.8, 4) is 0 Å². The van der Waals surface area contributed by atoms with Crippen LogP contribution >= 0.6 is 11.6 Å². The largest absolute Gasteiger partial charge is 0.207 e. The van der Waals surface area contributed by atoms with Crippen molar-refractivity contribution in [1.29, 1.82) is 0 Å². The molecule has 0 aromatic heterocycles. The van der Waals surface area contributed by atoms with E-state index >= 15 is 0 Å². The number of alkyl halides is 1. The zero-order valence-electron chi connectivity index (χ0n) is 9.74. The second kappa shape index (κ2) is 5.96. The Labute approximate surface area is 110 Å². The molecule has 94 valence electrons. The van der Waals surface area contributed by atoms with Crippen LogP contribution in [0.2, 0.25) is 0 Å². The fraction of sp³-hybridized carbons (Fsp3) is 0.200. The molecule has 18 heavy (non-hydrogen) atoms. The molecule has 1 unspecified atom stereocenters. The Morgan fingerprint density at radius 2 is 1.67 bits per heavy atom. The van der Waals surface area contributed by atoms with E-state index in [1.54, 1.807) is 18.2 Å². The van der Waals surface area contributed by atoms with Crippen LogP contribution in [0.15, 0.2) is 48.5 Å². The van der Waals surface area contributed by atoms with Crippen LogP contribution in [0.25, 0.3) is 0 Å². The van der Waals surface area contributed by atoms with Gasteiger partial charge < -0.3 is 0 Å². The summed E-state index contributed by atoms with van der Waals surface area (Å²) in [5.41, 5.74) is 1.86. The molecule has 2 aromatic carbocycles. The van der Waals surface area contributed by atoms with Gasteiger partial charge in [0.2, 0.25) is 0 Å². The zero-order valence-corrected chi connectivity index (χ0v) is 10.5. The Hall–Kier alpha value is -1.41. The van der Waals surface area contributed by atoms with Crippen molar-refractivity contribution in [1.82, 2.24) is 0 Å². The van der Waals surface area contributed by atoms with E-state index in [1.165, 1.54) is 24.3 Å². The first-order valence-electron chi connectivity index (χ1n) is 5.75. The first-order valence-corrected chi connectivity index (χ1v) is 6.28. The van der Waals surface area contributed by atoms with Crippen LogP contribution in [0.4, 0.5) is 8.78 Å². The smallest absolute Gasteiger partial charge is 0.123 e. The molecular weight excluding hydrogens is 254 g/mol. The van der Waals surface area contributed by atoms with E-state index < -0.39 is 0 Å². The quantitative estimate of drug-likeness (QED) is 0.713. The van der Waals surface area contributed by atoms with Crippen molar-refractivity contribution < 1.29 is 8.78 Å². The van der Waals surface area contributed by atoms with E-state index in [4.69, 9.17) is 11.6 Å². The van der Waals surface area contributed by atoms with Gasteiger partial charge in [-0.25, -0.2) is 8.78 Å². The second-order valence-electron chi connectivity index (χ2n) is 4.24. The summed E-state index contributed by atoms with van der Waals surface area (Å²) in [7, 11) is 0. The predicted molar refractivity (Wildman–Crippen MR) is 70.0 cm³/mol. The average molecular weight is 267 g/mol. The summed E-state index contributed by atoms with van der Waals surface area (Å²) in [6.07, 6.45) is 0.674. The maximum Gasteiger partial charge on any atom is 0.123 e. The van der Waals surface area contributed by atoms with Crippen LogP contribution in [-0.2, 0) is 6.42 Å². The minimum Gasteiger partial charge on any atom is -0.207 e. The van der Waals surface area contributed by atoms with Crippen molar-refractivity contribution >= 4 is 11.6 Å². The molecule has 0 nitrogen and oxygen atoms in total. The van der Waals surface area contributed by atoms with Gasteiger partial charge in [-0.2, -0.15) is 0 Å². The van der Waals surface area contributed by atoms with Gasteiger partial charge in [-0.1, -0.05) is 24.3 Å². The van der Waals surface area contributed by atoms with E-state index in [-0.39, 0.29) is 17.6 Å². The summed E-state index contributed by atoms with van der Waals surface area (Å²) in [5.74, 6) is -0.0811. The number of hydrogen-bond donors (Lipinski definition) is 0. The molecule has 0 radical (unpaired) electrons. The minimum atomic E-state index is -0.262. The fourth-order valence-corrected chi connectivity index (χ4v) is 2.21. The van der Waals surface area contributed by atoms with E-state index in [1.807, 2.05) is 6.07 Å². The molecule has 0 heterocycles. The first kappa shape index (κ1) is 13.0. The lowest BCUT2D eigenvalue weighted by Crippen LogP contribution is -2.05. The van der Waals surface area contributed by atoms with Crippen LogP contribution in [0.1, 0.15) is 17.0 Å². The summed E-state index contributed by atoms with van der Waals surface area (Å²) in [4.78, 5) is 0. The third kappa shape index (κ3) is 3.30. The number of benzene rings is 2. The Morgan fingerprint density at radius 1 is 0.944 bits per heavy atom. The van der Waals surface area contributed by atoms with Gasteiger partial charge in [0, 0.05) is 11.8 Å². The summed E-state index contributed by atoms with van der Waals surface area (Å²) >= 11 is 5.94. The molecule has 1 atom stereocenters. The normalized spacial score (nSPS) is 12.4. The molecule has 0 aliphatic carbocycles. The molecule has 2 rings (SSSR count). The third-order valence-electron chi connectivity index (χ3n) is 2.90. The molecule has 0 aliphatic heterocycles. The highest BCUT2D eigenvalue weighted by Crippen LogP contribution is 2.23. The minimum absolute atomic E-state index is 0.0350. The van der Waals surface area contributed by atoms with E-state index in [9.17, 15) is 8.78 Å². The van der Waals surface area contributed by atoms with Gasteiger partial charge >= 0.3 is 0 Å². The van der Waals surface area contributed by atoms with Gasteiger partial charge in [0.1, 0.15) is 11.6 Å². The van der Waals surface area contributed by atoms with Gasteiger partial charge in [-0.15, -0.1) is 11.6 Å². The van der Waals surface area contributed by atoms with Crippen molar-refractivity contribution in [2.24, 2.45) is 0 Å². The van der Waals surface area contributed by atoms with Crippen molar-refractivity contribution in [2.75, 3.05) is 5.88 Å². The Morgan fingerprint density at radius 3 is 2.28 bits per heavy atom. The second-order valence-corrected chi connectivity index (χ2v) is 4.55. The molecule has 0 saturated carbocycles. The summed E-state index contributed by atoms with van der Waals surface area (Å²) in [5, 5.41) is 0. The van der Waals surface area contributed by atoms with Crippen LogP contribution < -0.4 is 0 Å². The predicted octanol–water partition coefficient (Wildman–Crippen LogP) is 4.53. The van der Waals surface area contributed by atoms with Gasteiger partial charge in [-0.05, 0) is 41.8 Å². The zero-order chi connectivity index (χ0) is 13.0. The van der Waals surface area contributed by atoms with Crippen molar-refractivity contribution in [3.63, 3.8) is 0 Å². The molecule has 3 heteroatoms. The lowest BCUT2D eigenvalue weighted by Gasteiger charge is -2.14. The highest BCUT2D eigenvalue weighted by atomic mass is 35.5. The highest BCUT2D eigenvalue weighted by molar-refractivity contribution is 6.18. The van der Waals surface area contributed by atoms with Gasteiger partial charge in [0.25, 0.3) is 0 Å². The topological polar surface area (TPSA) is 0 Å². The molecule has 0 amide bonds. The van der Waals surface area contributed by atoms with Gasteiger partial charge in [0.15, 0.2) is 0 Å². The molecule has 0 bridgehead atoms. The molecular formula is C15H13ClF2. The summed E-state index contributed by atoms with van der Waals surface area (Å²) in [6, 6.07) is 12.7. The maximum atomic E-state index is 13.2. The molecule has 0 spiro atoms. The van der Waals surface area contributed by atoms with Crippen molar-refractivity contribution in [2.45, 2.75) is 12.3 Å². The standard InChI is InChI=1S/C15H13ClF2/c16-10-13(12-2-1-3-15(18)9-12)8-11-4-6-14(17)7-5-11/h1-7,9,13H,8,10H2. The number of rotatable bonds is 4. The molecule has 2 aromatic rings. The van der Waals surface area contributed by atoms with Gasteiger partial charge in [-0.3, -0.25) is 0 Å². The van der Waals surface area contributed by atoms with Crippen molar-refractivity contribution in [3.05, 3.63) is 71.3 Å². The Bertz CT molecular complexity index is 508. The van der Waals surface area contributed by atoms with Crippen LogP contribution in [0.5, 0.6) is 0 Å². The lowest BCUT2D eigenvalue weighted by molar-refractivity contribution is 0.620. The lowest BCUT2D eigenvalue weighted by atomic mass is 9.93. The average Bonchev–Trinajstić information content (AvgIpc) is 2.38. The summed E-state index contributed by atoms with van der Waals surface area (Å²) in [6.45, 7) is 0. The molecule has 0 saturated heterocycles. The van der Waals surface area contributed by atoms with E-state index in [0.717, 1.165) is 11.1 Å². The molecule has 0 N–H and O–H groups in total. The molecule has 0 aliphatic rings. The number of halogens is 3. The Balaban J connectivity index is 2.17. The number of hydrogen-bond acceptors (Lipinski definition) is 0. The van der Waals surface area contributed by atoms with Crippen LogP contribution in [-0.4, -0.2) is 5.88 Å². The monoisotopic (exact) mass is 266 g/mol. The first-order chi connectivity index (χ1) is 8.69. The van der Waals surface area contributed by atoms with E-state index in [0.29, 0.717) is 12.3 Å². The van der Waals surface area contributed by atoms with Crippen LogP contribution in [0.3, 0.4) is 0 Å². The summed E-state index contributed by atoms with van der Waals surface area (Å²) < 4.78 is 26.0. The SMILES string of the molecule is Fc1ccc(CC(CCl)c2cccc(F)c2)cc1. The van der Waals surface area contributed by atoms with Crippen LogP contribution in [0, 0.1) is 11.6 Å². The Kier molecular flexibility index (Phi) is 4.32. The third-order valence-corrected chi connectivity index (χ3v) is 3.27. The molecule has 0 fully saturated rings. The van der Waals surface area contributed by atoms with Gasteiger partial charge in [0.05, 0.1) is 0 Å². The maximum absolute atomic E-state index is 13.2.